The Morgan fingerprint density at radius 1 is 1.25 bits per heavy atom. The molecule has 1 aliphatic rings. The van der Waals surface area contributed by atoms with Crippen LogP contribution in [0.15, 0.2) is 12.1 Å². The van der Waals surface area contributed by atoms with E-state index in [1.54, 1.807) is 0 Å². The minimum atomic E-state index is 0.501. The van der Waals surface area contributed by atoms with Gasteiger partial charge in [0.2, 0.25) is 0 Å². The third kappa shape index (κ3) is 2.30. The molecule has 1 unspecified atom stereocenters. The van der Waals surface area contributed by atoms with Gasteiger partial charge in [-0.25, -0.2) is 0 Å². The van der Waals surface area contributed by atoms with Crippen LogP contribution >= 0.6 is 0 Å². The quantitative estimate of drug-likeness (QED) is 0.848. The van der Waals surface area contributed by atoms with Crippen LogP contribution in [0, 0.1) is 12.8 Å². The van der Waals surface area contributed by atoms with Crippen molar-refractivity contribution in [2.45, 2.75) is 20.3 Å². The lowest BCUT2D eigenvalue weighted by atomic mass is 9.97. The zero-order valence-electron chi connectivity index (χ0n) is 9.95. The summed E-state index contributed by atoms with van der Waals surface area (Å²) in [5.74, 6) is 2.24. The van der Waals surface area contributed by atoms with Gasteiger partial charge in [0.1, 0.15) is 13.2 Å². The fraction of sp³-hybridized carbons (Fsp3) is 0.538. The van der Waals surface area contributed by atoms with E-state index in [1.807, 2.05) is 0 Å². The van der Waals surface area contributed by atoms with Gasteiger partial charge in [-0.15, -0.1) is 0 Å². The van der Waals surface area contributed by atoms with Gasteiger partial charge in [0, 0.05) is 0 Å². The van der Waals surface area contributed by atoms with Gasteiger partial charge in [0.25, 0.3) is 0 Å². The average molecular weight is 221 g/mol. The summed E-state index contributed by atoms with van der Waals surface area (Å²) < 4.78 is 11.1. The Morgan fingerprint density at radius 3 is 2.50 bits per heavy atom. The Labute approximate surface area is 96.5 Å². The minimum Gasteiger partial charge on any atom is -0.486 e. The van der Waals surface area contributed by atoms with E-state index < -0.39 is 0 Å². The molecule has 0 radical (unpaired) electrons. The molecule has 1 heterocycles. The summed E-state index contributed by atoms with van der Waals surface area (Å²) in [6.07, 6.45) is 0.999. The molecule has 16 heavy (non-hydrogen) atoms. The van der Waals surface area contributed by atoms with Gasteiger partial charge in [0.15, 0.2) is 11.5 Å². The monoisotopic (exact) mass is 221 g/mol. The van der Waals surface area contributed by atoms with Crippen molar-refractivity contribution in [3.8, 4) is 11.5 Å². The van der Waals surface area contributed by atoms with E-state index in [-0.39, 0.29) is 0 Å². The van der Waals surface area contributed by atoms with Gasteiger partial charge in [-0.2, -0.15) is 0 Å². The molecule has 1 atom stereocenters. The van der Waals surface area contributed by atoms with Crippen molar-refractivity contribution < 1.29 is 9.47 Å². The van der Waals surface area contributed by atoms with Gasteiger partial charge in [-0.1, -0.05) is 6.92 Å². The van der Waals surface area contributed by atoms with Gasteiger partial charge in [-0.3, -0.25) is 0 Å². The van der Waals surface area contributed by atoms with E-state index >= 15 is 0 Å². The highest BCUT2D eigenvalue weighted by Crippen LogP contribution is 2.33. The summed E-state index contributed by atoms with van der Waals surface area (Å²) in [5, 5.41) is 0. The number of fused-ring (bicyclic) bond motifs is 1. The summed E-state index contributed by atoms with van der Waals surface area (Å²) in [6.45, 7) is 6.27. The Hall–Kier alpha value is -1.22. The van der Waals surface area contributed by atoms with E-state index in [0.717, 1.165) is 17.9 Å². The number of hydrogen-bond acceptors (Lipinski definition) is 3. The van der Waals surface area contributed by atoms with Crippen LogP contribution in [-0.4, -0.2) is 19.8 Å². The molecule has 2 rings (SSSR count). The second-order valence-electron chi connectivity index (χ2n) is 4.47. The van der Waals surface area contributed by atoms with Gasteiger partial charge in [0.05, 0.1) is 0 Å². The highest BCUT2D eigenvalue weighted by Gasteiger charge is 2.14. The van der Waals surface area contributed by atoms with Gasteiger partial charge < -0.3 is 15.2 Å². The van der Waals surface area contributed by atoms with E-state index in [0.29, 0.717) is 25.7 Å². The summed E-state index contributed by atoms with van der Waals surface area (Å²) in [7, 11) is 0. The Morgan fingerprint density at radius 2 is 1.88 bits per heavy atom. The van der Waals surface area contributed by atoms with Gasteiger partial charge >= 0.3 is 0 Å². The van der Waals surface area contributed by atoms with Crippen molar-refractivity contribution in [1.82, 2.24) is 0 Å². The zero-order chi connectivity index (χ0) is 11.5. The van der Waals surface area contributed by atoms with Crippen molar-refractivity contribution >= 4 is 0 Å². The first kappa shape index (κ1) is 11.3. The van der Waals surface area contributed by atoms with Crippen molar-refractivity contribution in [1.29, 1.82) is 0 Å². The second-order valence-corrected chi connectivity index (χ2v) is 4.47. The maximum Gasteiger partial charge on any atom is 0.161 e. The molecule has 0 spiro atoms. The third-order valence-electron chi connectivity index (χ3n) is 2.97. The van der Waals surface area contributed by atoms with Crippen LogP contribution in [0.2, 0.25) is 0 Å². The van der Waals surface area contributed by atoms with Gasteiger partial charge in [-0.05, 0) is 49.1 Å². The molecule has 0 aliphatic carbocycles. The third-order valence-corrected chi connectivity index (χ3v) is 2.97. The molecular weight excluding hydrogens is 202 g/mol. The number of nitrogens with two attached hydrogens (primary N) is 1. The van der Waals surface area contributed by atoms with Crippen LogP contribution in [-0.2, 0) is 6.42 Å². The Bertz CT molecular complexity index is 376. The average Bonchev–Trinajstić information content (AvgIpc) is 2.30. The van der Waals surface area contributed by atoms with Crippen LogP contribution < -0.4 is 15.2 Å². The molecule has 0 fully saturated rings. The predicted octanol–water partition coefficient (Wildman–Crippen LogP) is 1.90. The molecule has 0 saturated carbocycles. The molecule has 2 N–H and O–H groups in total. The molecule has 3 heteroatoms. The topological polar surface area (TPSA) is 44.5 Å². The molecule has 0 aromatic heterocycles. The number of aryl methyl sites for hydroxylation is 1. The van der Waals surface area contributed by atoms with Crippen molar-refractivity contribution in [2.75, 3.05) is 19.8 Å². The Balaban J connectivity index is 2.25. The predicted molar refractivity (Wildman–Crippen MR) is 64.1 cm³/mol. The number of benzene rings is 1. The first-order chi connectivity index (χ1) is 7.70. The molecular formula is C13H19NO2. The van der Waals surface area contributed by atoms with Crippen molar-refractivity contribution in [3.63, 3.8) is 0 Å². The highest BCUT2D eigenvalue weighted by molar-refractivity contribution is 5.47. The first-order valence-electron chi connectivity index (χ1n) is 5.80. The van der Waals surface area contributed by atoms with Crippen molar-refractivity contribution in [3.05, 3.63) is 23.3 Å². The van der Waals surface area contributed by atoms with Crippen LogP contribution in [0.5, 0.6) is 11.5 Å². The number of rotatable bonds is 3. The summed E-state index contributed by atoms with van der Waals surface area (Å²) in [6, 6.07) is 4.16. The molecule has 3 nitrogen and oxygen atoms in total. The molecule has 0 bridgehead atoms. The molecule has 0 saturated heterocycles. The van der Waals surface area contributed by atoms with E-state index in [1.165, 1.54) is 11.1 Å². The molecule has 1 aliphatic heterocycles. The van der Waals surface area contributed by atoms with Crippen molar-refractivity contribution in [2.24, 2.45) is 11.7 Å². The maximum absolute atomic E-state index is 5.65. The van der Waals surface area contributed by atoms with E-state index in [2.05, 4.69) is 26.0 Å². The van der Waals surface area contributed by atoms with Crippen LogP contribution in [0.25, 0.3) is 0 Å². The zero-order valence-corrected chi connectivity index (χ0v) is 9.95. The first-order valence-corrected chi connectivity index (χ1v) is 5.80. The highest BCUT2D eigenvalue weighted by atomic mass is 16.6. The van der Waals surface area contributed by atoms with E-state index in [9.17, 15) is 0 Å². The second kappa shape index (κ2) is 4.74. The van der Waals surface area contributed by atoms with Crippen LogP contribution in [0.1, 0.15) is 18.1 Å². The standard InChI is InChI=1S/C13H19NO2/c1-9(8-14)5-11-7-13-12(6-10(11)2)15-3-4-16-13/h6-7,9H,3-5,8,14H2,1-2H3. The van der Waals surface area contributed by atoms with Crippen LogP contribution in [0.4, 0.5) is 0 Å². The molecule has 1 aromatic rings. The maximum atomic E-state index is 5.65. The lowest BCUT2D eigenvalue weighted by Gasteiger charge is -2.21. The summed E-state index contributed by atoms with van der Waals surface area (Å²) in [5.41, 5.74) is 8.21. The molecule has 88 valence electrons. The number of hydrogen-bond donors (Lipinski definition) is 1. The summed E-state index contributed by atoms with van der Waals surface area (Å²) in [4.78, 5) is 0. The molecule has 1 aromatic carbocycles. The lowest BCUT2D eigenvalue weighted by molar-refractivity contribution is 0.171. The lowest BCUT2D eigenvalue weighted by Crippen LogP contribution is -2.17. The summed E-state index contributed by atoms with van der Waals surface area (Å²) >= 11 is 0. The minimum absolute atomic E-state index is 0.501. The molecule has 0 amide bonds. The van der Waals surface area contributed by atoms with E-state index in [4.69, 9.17) is 15.2 Å². The normalized spacial score (nSPS) is 15.9. The van der Waals surface area contributed by atoms with Crippen LogP contribution in [0.3, 0.4) is 0 Å². The largest absolute Gasteiger partial charge is 0.486 e. The number of ether oxygens (including phenoxy) is 2. The smallest absolute Gasteiger partial charge is 0.161 e. The SMILES string of the molecule is Cc1cc2c(cc1CC(C)CN)OCCO2. The fourth-order valence-electron chi connectivity index (χ4n) is 1.91. The Kier molecular flexibility index (Phi) is 3.34. The fourth-order valence-corrected chi connectivity index (χ4v) is 1.91.